The van der Waals surface area contributed by atoms with Crippen molar-refractivity contribution in [1.82, 2.24) is 14.5 Å². The minimum Gasteiger partial charge on any atom is -0.308 e. The molecule has 0 fully saturated rings. The zero-order valence-corrected chi connectivity index (χ0v) is 11.0. The molecule has 3 N–H and O–H groups in total. The Kier molecular flexibility index (Phi) is 3.94. The van der Waals surface area contributed by atoms with Gasteiger partial charge in [-0.05, 0) is 13.0 Å². The van der Waals surface area contributed by atoms with Gasteiger partial charge in [0.1, 0.15) is 11.5 Å². The number of nitrogens with zero attached hydrogens (tertiary/aromatic N) is 3. The maximum Gasteiger partial charge on any atom is 0.431 e. The van der Waals surface area contributed by atoms with Gasteiger partial charge < -0.3 is 5.43 Å². The number of aryl methyl sites for hydroxylation is 1. The van der Waals surface area contributed by atoms with E-state index < -0.39 is 24.0 Å². The molecule has 0 radical (unpaired) electrons. The van der Waals surface area contributed by atoms with Crippen LogP contribution in [0.25, 0.3) is 0 Å². The van der Waals surface area contributed by atoms with Crippen molar-refractivity contribution in [3.05, 3.63) is 51.8 Å². The maximum absolute atomic E-state index is 12.9. The molecule has 0 aliphatic rings. The van der Waals surface area contributed by atoms with Crippen LogP contribution in [0.2, 0.25) is 0 Å². The lowest BCUT2D eigenvalue weighted by molar-refractivity contribution is -0.144. The highest BCUT2D eigenvalue weighted by molar-refractivity contribution is 5.34. The highest BCUT2D eigenvalue weighted by Crippen LogP contribution is 2.28. The first-order valence-electron chi connectivity index (χ1n) is 5.89. The van der Waals surface area contributed by atoms with E-state index in [0.717, 1.165) is 18.2 Å². The van der Waals surface area contributed by atoms with Crippen LogP contribution in [0.3, 0.4) is 0 Å². The number of alkyl halides is 3. The van der Waals surface area contributed by atoms with Gasteiger partial charge in [-0.1, -0.05) is 6.07 Å². The first-order chi connectivity index (χ1) is 9.81. The predicted octanol–water partition coefficient (Wildman–Crippen LogP) is 1.30. The van der Waals surface area contributed by atoms with Gasteiger partial charge in [0.2, 0.25) is 0 Å². The van der Waals surface area contributed by atoms with E-state index >= 15 is 0 Å². The smallest absolute Gasteiger partial charge is 0.308 e. The molecule has 0 amide bonds. The summed E-state index contributed by atoms with van der Waals surface area (Å²) in [4.78, 5) is 19.6. The van der Waals surface area contributed by atoms with Crippen LogP contribution in [0.15, 0.2) is 29.1 Å². The number of nitrogens with one attached hydrogen (secondary N) is 1. The molecule has 6 nitrogen and oxygen atoms in total. The van der Waals surface area contributed by atoms with Gasteiger partial charge in [-0.2, -0.15) is 13.2 Å². The molecular weight excluding hydrogens is 287 g/mol. The molecule has 0 aliphatic carbocycles. The summed E-state index contributed by atoms with van der Waals surface area (Å²) in [5.41, 5.74) is 0.978. The third-order valence-corrected chi connectivity index (χ3v) is 2.69. The molecule has 0 bridgehead atoms. The molecule has 2 aromatic rings. The van der Waals surface area contributed by atoms with Gasteiger partial charge in [-0.3, -0.25) is 9.36 Å². The average molecular weight is 299 g/mol. The Morgan fingerprint density at radius 2 is 2.05 bits per heavy atom. The number of pyridine rings is 1. The number of aromatic nitrogens is 3. The van der Waals surface area contributed by atoms with Crippen LogP contribution in [0, 0.1) is 6.92 Å². The van der Waals surface area contributed by atoms with Crippen molar-refractivity contribution in [1.29, 1.82) is 0 Å². The number of hydrogen-bond donors (Lipinski definition) is 2. The normalized spacial score (nSPS) is 11.5. The van der Waals surface area contributed by atoms with E-state index in [1.807, 2.05) is 0 Å². The number of anilines is 1. The van der Waals surface area contributed by atoms with Crippen molar-refractivity contribution in [3.8, 4) is 0 Å². The summed E-state index contributed by atoms with van der Waals surface area (Å²) in [6.07, 6.45) is -4.64. The quantitative estimate of drug-likeness (QED) is 0.659. The van der Waals surface area contributed by atoms with Crippen LogP contribution in [0.5, 0.6) is 0 Å². The molecule has 2 heterocycles. The molecule has 0 aromatic carbocycles. The van der Waals surface area contributed by atoms with Crippen molar-refractivity contribution >= 4 is 5.82 Å². The predicted molar refractivity (Wildman–Crippen MR) is 69.4 cm³/mol. The Labute approximate surface area is 117 Å². The van der Waals surface area contributed by atoms with E-state index in [1.54, 1.807) is 6.92 Å². The molecule has 2 rings (SSSR count). The van der Waals surface area contributed by atoms with Gasteiger partial charge in [-0.15, -0.1) is 0 Å². The molecule has 0 saturated heterocycles. The van der Waals surface area contributed by atoms with E-state index in [1.165, 1.54) is 6.07 Å². The number of rotatable bonds is 3. The zero-order valence-electron chi connectivity index (χ0n) is 11.0. The summed E-state index contributed by atoms with van der Waals surface area (Å²) in [6.45, 7) is 1.25. The van der Waals surface area contributed by atoms with Crippen molar-refractivity contribution in [3.63, 3.8) is 0 Å². The molecule has 0 atom stereocenters. The molecular formula is C12H12F3N5O. The lowest BCUT2D eigenvalue weighted by atomic mass is 10.3. The van der Waals surface area contributed by atoms with Crippen LogP contribution in [0.1, 0.15) is 17.2 Å². The summed E-state index contributed by atoms with van der Waals surface area (Å²) in [7, 11) is 0. The van der Waals surface area contributed by atoms with Crippen molar-refractivity contribution in [2.24, 2.45) is 5.84 Å². The summed E-state index contributed by atoms with van der Waals surface area (Å²) >= 11 is 0. The van der Waals surface area contributed by atoms with Crippen molar-refractivity contribution < 1.29 is 13.2 Å². The van der Waals surface area contributed by atoms with E-state index in [9.17, 15) is 18.0 Å². The van der Waals surface area contributed by atoms with Crippen LogP contribution in [-0.2, 0) is 12.7 Å². The first kappa shape index (κ1) is 15.0. The van der Waals surface area contributed by atoms with Gasteiger partial charge in [0.15, 0.2) is 5.82 Å². The summed E-state index contributed by atoms with van der Waals surface area (Å²) in [6, 6.07) is 4.47. The van der Waals surface area contributed by atoms with Crippen LogP contribution in [-0.4, -0.2) is 14.5 Å². The standard InChI is InChI=1S/C12H12F3N5O/c1-7-5-9(19-16)18-10(17-7)6-20-8(12(13,14)15)3-2-4-11(20)21/h2-5H,6,16H2,1H3,(H,17,18,19). The van der Waals surface area contributed by atoms with Crippen LogP contribution >= 0.6 is 0 Å². The maximum atomic E-state index is 12.9. The fourth-order valence-corrected chi connectivity index (χ4v) is 1.85. The fraction of sp³-hybridized carbons (Fsp3) is 0.250. The van der Waals surface area contributed by atoms with Crippen LogP contribution < -0.4 is 16.8 Å². The van der Waals surface area contributed by atoms with E-state index in [2.05, 4.69) is 15.4 Å². The molecule has 0 saturated carbocycles. The van der Waals surface area contributed by atoms with Crippen molar-refractivity contribution in [2.45, 2.75) is 19.6 Å². The van der Waals surface area contributed by atoms with E-state index in [-0.39, 0.29) is 11.6 Å². The molecule has 9 heteroatoms. The number of hydrazine groups is 1. The van der Waals surface area contributed by atoms with E-state index in [0.29, 0.717) is 10.3 Å². The summed E-state index contributed by atoms with van der Waals surface area (Å²) in [5.74, 6) is 5.54. The van der Waals surface area contributed by atoms with Crippen LogP contribution in [0.4, 0.5) is 19.0 Å². The highest BCUT2D eigenvalue weighted by Gasteiger charge is 2.34. The minimum atomic E-state index is -4.64. The largest absolute Gasteiger partial charge is 0.431 e. The van der Waals surface area contributed by atoms with Gasteiger partial charge in [-0.25, -0.2) is 15.8 Å². The minimum absolute atomic E-state index is 0.0572. The Hall–Kier alpha value is -2.42. The number of nitrogens with two attached hydrogens (primary N) is 1. The molecule has 0 spiro atoms. The second-order valence-electron chi connectivity index (χ2n) is 4.29. The second kappa shape index (κ2) is 5.52. The molecule has 2 aromatic heterocycles. The fourth-order valence-electron chi connectivity index (χ4n) is 1.85. The number of hydrogen-bond acceptors (Lipinski definition) is 5. The summed E-state index contributed by atoms with van der Waals surface area (Å²) in [5, 5.41) is 0. The molecule has 0 aliphatic heterocycles. The van der Waals surface area contributed by atoms with E-state index in [4.69, 9.17) is 5.84 Å². The third-order valence-electron chi connectivity index (χ3n) is 2.69. The van der Waals surface area contributed by atoms with Crippen molar-refractivity contribution in [2.75, 3.05) is 5.43 Å². The van der Waals surface area contributed by atoms with Gasteiger partial charge >= 0.3 is 6.18 Å². The third kappa shape index (κ3) is 3.37. The zero-order chi connectivity index (χ0) is 15.6. The van der Waals surface area contributed by atoms with Gasteiger partial charge in [0, 0.05) is 17.8 Å². The molecule has 0 unspecified atom stereocenters. The lowest BCUT2D eigenvalue weighted by Gasteiger charge is -2.14. The Bertz CT molecular complexity index is 711. The highest BCUT2D eigenvalue weighted by atomic mass is 19.4. The SMILES string of the molecule is Cc1cc(NN)nc(Cn2c(C(F)(F)F)cccc2=O)n1. The Morgan fingerprint density at radius 1 is 1.33 bits per heavy atom. The topological polar surface area (TPSA) is 85.8 Å². The monoisotopic (exact) mass is 299 g/mol. The van der Waals surface area contributed by atoms with Gasteiger partial charge in [0.25, 0.3) is 5.56 Å². The first-order valence-corrected chi connectivity index (χ1v) is 5.89. The number of halogens is 3. The second-order valence-corrected chi connectivity index (χ2v) is 4.29. The average Bonchev–Trinajstić information content (AvgIpc) is 2.39. The van der Waals surface area contributed by atoms with Gasteiger partial charge in [0.05, 0.1) is 6.54 Å². The summed E-state index contributed by atoms with van der Waals surface area (Å²) < 4.78 is 39.3. The Morgan fingerprint density at radius 3 is 2.67 bits per heavy atom. The lowest BCUT2D eigenvalue weighted by Crippen LogP contribution is -2.28. The number of nitrogen functional groups attached to an aromatic ring is 1. The molecule has 21 heavy (non-hydrogen) atoms. The molecule has 112 valence electrons. The Balaban J connectivity index is 2.49.